The lowest BCUT2D eigenvalue weighted by atomic mass is 10.1. The molecule has 1 fully saturated rings. The van der Waals surface area contributed by atoms with Crippen molar-refractivity contribution >= 4 is 17.3 Å². The quantitative estimate of drug-likeness (QED) is 0.708. The van der Waals surface area contributed by atoms with Gasteiger partial charge in [0.05, 0.1) is 6.17 Å². The van der Waals surface area contributed by atoms with Crippen LogP contribution in [0.4, 0.5) is 5.69 Å². The molecule has 0 spiro atoms. The Labute approximate surface area is 88.6 Å². The number of nitrogens with two attached hydrogens (primary N) is 1. The lowest BCUT2D eigenvalue weighted by molar-refractivity contribution is 0.674. The smallest absolute Gasteiger partial charge is 0.0775 e. The van der Waals surface area contributed by atoms with Crippen molar-refractivity contribution in [2.24, 2.45) is 5.73 Å². The molecule has 0 bridgehead atoms. The Morgan fingerprint density at radius 3 is 3.07 bits per heavy atom. The molecular formula is C11H13ClN2. The predicted molar refractivity (Wildman–Crippen MR) is 58.6 cm³/mol. The summed E-state index contributed by atoms with van der Waals surface area (Å²) in [6, 6.07) is 6.76. The molecule has 2 aliphatic heterocycles. The van der Waals surface area contributed by atoms with Crippen molar-refractivity contribution in [2.75, 3.05) is 4.90 Å². The summed E-state index contributed by atoms with van der Waals surface area (Å²) in [6.45, 7) is 0. The topological polar surface area (TPSA) is 29.3 Å². The van der Waals surface area contributed by atoms with Crippen LogP contribution in [0.25, 0.3) is 0 Å². The molecule has 2 aliphatic rings. The van der Waals surface area contributed by atoms with Crippen molar-refractivity contribution in [3.05, 3.63) is 28.8 Å². The molecule has 2 unspecified atom stereocenters. The number of hydrogen-bond donors (Lipinski definition) is 1. The highest BCUT2D eigenvalue weighted by Crippen LogP contribution is 2.40. The Balaban J connectivity index is 2.09. The highest BCUT2D eigenvalue weighted by atomic mass is 35.5. The zero-order chi connectivity index (χ0) is 9.71. The van der Waals surface area contributed by atoms with Crippen LogP contribution in [0.15, 0.2) is 18.2 Å². The maximum atomic E-state index is 6.07. The monoisotopic (exact) mass is 208 g/mol. The first kappa shape index (κ1) is 8.57. The van der Waals surface area contributed by atoms with Crippen LogP contribution in [0, 0.1) is 0 Å². The summed E-state index contributed by atoms with van der Waals surface area (Å²) in [7, 11) is 0. The van der Waals surface area contributed by atoms with Gasteiger partial charge in [-0.15, -0.1) is 0 Å². The third kappa shape index (κ3) is 1.07. The molecule has 0 amide bonds. The van der Waals surface area contributed by atoms with Crippen LogP contribution in [0.5, 0.6) is 0 Å². The van der Waals surface area contributed by atoms with E-state index in [4.69, 9.17) is 17.3 Å². The number of rotatable bonds is 0. The third-order valence-corrected chi connectivity index (χ3v) is 3.56. The van der Waals surface area contributed by atoms with Crippen molar-refractivity contribution in [2.45, 2.75) is 31.5 Å². The summed E-state index contributed by atoms with van der Waals surface area (Å²) < 4.78 is 0. The Morgan fingerprint density at radius 1 is 1.36 bits per heavy atom. The van der Waals surface area contributed by atoms with Gasteiger partial charge in [-0.3, -0.25) is 0 Å². The highest BCUT2D eigenvalue weighted by Gasteiger charge is 2.37. The summed E-state index contributed by atoms with van der Waals surface area (Å²) in [4.78, 5) is 2.33. The molecule has 74 valence electrons. The molecule has 0 radical (unpaired) electrons. The largest absolute Gasteiger partial charge is 0.353 e. The first-order chi connectivity index (χ1) is 6.75. The molecule has 2 nitrogen and oxygen atoms in total. The minimum atomic E-state index is 0.194. The lowest BCUT2D eigenvalue weighted by Gasteiger charge is -2.24. The zero-order valence-corrected chi connectivity index (χ0v) is 8.67. The summed E-state index contributed by atoms with van der Waals surface area (Å²) >= 11 is 5.99. The fourth-order valence-electron chi connectivity index (χ4n) is 2.69. The number of hydrogen-bond acceptors (Lipinski definition) is 2. The van der Waals surface area contributed by atoms with E-state index < -0.39 is 0 Å². The van der Waals surface area contributed by atoms with Gasteiger partial charge in [0.2, 0.25) is 0 Å². The maximum absolute atomic E-state index is 6.07. The second kappa shape index (κ2) is 2.88. The van der Waals surface area contributed by atoms with Gasteiger partial charge < -0.3 is 10.6 Å². The molecule has 0 aromatic heterocycles. The fraction of sp³-hybridized carbons (Fsp3) is 0.455. The van der Waals surface area contributed by atoms with E-state index in [-0.39, 0.29) is 6.17 Å². The first-order valence-electron chi connectivity index (χ1n) is 5.08. The van der Waals surface area contributed by atoms with Crippen molar-refractivity contribution in [3.63, 3.8) is 0 Å². The Hall–Kier alpha value is -0.730. The van der Waals surface area contributed by atoms with Crippen LogP contribution in [0.1, 0.15) is 18.4 Å². The van der Waals surface area contributed by atoms with Gasteiger partial charge in [0.25, 0.3) is 0 Å². The number of halogens is 1. The van der Waals surface area contributed by atoms with Gasteiger partial charge >= 0.3 is 0 Å². The normalized spacial score (nSPS) is 29.1. The van der Waals surface area contributed by atoms with Gasteiger partial charge in [-0.2, -0.15) is 0 Å². The van der Waals surface area contributed by atoms with E-state index in [1.54, 1.807) is 0 Å². The standard InChI is InChI=1S/C11H13ClN2/c12-8-2-1-7-5-9-3-4-11(13)14(9)10(7)6-8/h1-2,6,9,11H,3-5,13H2. The number of nitrogens with zero attached hydrogens (tertiary/aromatic N) is 1. The van der Waals surface area contributed by atoms with Crippen molar-refractivity contribution in [1.82, 2.24) is 0 Å². The maximum Gasteiger partial charge on any atom is 0.0775 e. The molecule has 14 heavy (non-hydrogen) atoms. The zero-order valence-electron chi connectivity index (χ0n) is 7.91. The van der Waals surface area contributed by atoms with E-state index in [1.807, 2.05) is 12.1 Å². The van der Waals surface area contributed by atoms with Crippen LogP contribution >= 0.6 is 11.6 Å². The van der Waals surface area contributed by atoms with Crippen LogP contribution in [0.3, 0.4) is 0 Å². The SMILES string of the molecule is NC1CCC2Cc3ccc(Cl)cc3N12. The highest BCUT2D eigenvalue weighted by molar-refractivity contribution is 6.30. The molecule has 1 aromatic carbocycles. The fourth-order valence-corrected chi connectivity index (χ4v) is 2.86. The van der Waals surface area contributed by atoms with Gasteiger partial charge in [0.1, 0.15) is 0 Å². The number of anilines is 1. The van der Waals surface area contributed by atoms with E-state index in [9.17, 15) is 0 Å². The molecule has 3 rings (SSSR count). The average Bonchev–Trinajstić information content (AvgIpc) is 2.67. The lowest BCUT2D eigenvalue weighted by Crippen LogP contribution is -2.38. The van der Waals surface area contributed by atoms with Crippen molar-refractivity contribution in [3.8, 4) is 0 Å². The van der Waals surface area contributed by atoms with E-state index >= 15 is 0 Å². The van der Waals surface area contributed by atoms with E-state index in [2.05, 4.69) is 11.0 Å². The van der Waals surface area contributed by atoms with E-state index in [1.165, 1.54) is 17.7 Å². The summed E-state index contributed by atoms with van der Waals surface area (Å²) in [5.41, 5.74) is 8.72. The molecular weight excluding hydrogens is 196 g/mol. The van der Waals surface area contributed by atoms with E-state index in [0.717, 1.165) is 17.9 Å². The second-order valence-electron chi connectivity index (χ2n) is 4.18. The van der Waals surface area contributed by atoms with Crippen LogP contribution in [-0.4, -0.2) is 12.2 Å². The Bertz CT molecular complexity index is 378. The molecule has 0 aliphatic carbocycles. The molecule has 3 heteroatoms. The molecule has 2 heterocycles. The third-order valence-electron chi connectivity index (χ3n) is 3.33. The van der Waals surface area contributed by atoms with Crippen LogP contribution < -0.4 is 10.6 Å². The van der Waals surface area contributed by atoms with Gasteiger partial charge in [0, 0.05) is 16.8 Å². The number of benzene rings is 1. The van der Waals surface area contributed by atoms with Gasteiger partial charge in [0.15, 0.2) is 0 Å². The molecule has 1 saturated heterocycles. The summed E-state index contributed by atoms with van der Waals surface area (Å²) in [5.74, 6) is 0. The average molecular weight is 209 g/mol. The van der Waals surface area contributed by atoms with Crippen molar-refractivity contribution < 1.29 is 0 Å². The molecule has 1 aromatic rings. The van der Waals surface area contributed by atoms with Crippen LogP contribution in [0.2, 0.25) is 5.02 Å². The summed E-state index contributed by atoms with van der Waals surface area (Å²) in [6.07, 6.45) is 3.66. The van der Waals surface area contributed by atoms with Gasteiger partial charge in [-0.05, 0) is 37.0 Å². The van der Waals surface area contributed by atoms with Crippen LogP contribution in [-0.2, 0) is 6.42 Å². The predicted octanol–water partition coefficient (Wildman–Crippen LogP) is 2.15. The van der Waals surface area contributed by atoms with Crippen molar-refractivity contribution in [1.29, 1.82) is 0 Å². The second-order valence-corrected chi connectivity index (χ2v) is 4.62. The Morgan fingerprint density at radius 2 is 2.21 bits per heavy atom. The van der Waals surface area contributed by atoms with Gasteiger partial charge in [-0.1, -0.05) is 17.7 Å². The summed E-state index contributed by atoms with van der Waals surface area (Å²) in [5, 5.41) is 0.809. The Kier molecular flexibility index (Phi) is 1.76. The molecule has 2 atom stereocenters. The van der Waals surface area contributed by atoms with E-state index in [0.29, 0.717) is 6.04 Å². The molecule has 2 N–H and O–H groups in total. The molecule has 0 saturated carbocycles. The van der Waals surface area contributed by atoms with Gasteiger partial charge in [-0.25, -0.2) is 0 Å². The number of fused-ring (bicyclic) bond motifs is 3. The minimum Gasteiger partial charge on any atom is -0.353 e. The minimum absolute atomic E-state index is 0.194. The first-order valence-corrected chi connectivity index (χ1v) is 5.46.